The second kappa shape index (κ2) is 56.2. The van der Waals surface area contributed by atoms with Crippen LogP contribution in [0.2, 0.25) is 0 Å². The summed E-state index contributed by atoms with van der Waals surface area (Å²) in [5, 5.41) is 0. The molecule has 0 atom stereocenters. The van der Waals surface area contributed by atoms with Crippen molar-refractivity contribution >= 4 is 156 Å². The summed E-state index contributed by atoms with van der Waals surface area (Å²) >= 11 is 0. The van der Waals surface area contributed by atoms with Crippen molar-refractivity contribution < 1.29 is 75.0 Å². The molecule has 0 aromatic rings. The van der Waals surface area contributed by atoms with Crippen molar-refractivity contribution in [1.29, 1.82) is 0 Å². The van der Waals surface area contributed by atoms with Crippen molar-refractivity contribution in [3.8, 4) is 0 Å². The van der Waals surface area contributed by atoms with Crippen LogP contribution in [0.4, 0.5) is 4.70 Å². The fourth-order valence-corrected chi connectivity index (χ4v) is 0. The molecular weight excluding hydrogens is 534 g/mol. The fourth-order valence-electron chi connectivity index (χ4n) is 0. The van der Waals surface area contributed by atoms with Crippen LogP contribution in [-0.4, -0.2) is 156 Å². The fraction of sp³-hybridized carbons (Fsp3) is 0. The van der Waals surface area contributed by atoms with Gasteiger partial charge in [-0.2, -0.15) is 0 Å². The first-order chi connectivity index (χ1) is 8.66. The van der Waals surface area contributed by atoms with Gasteiger partial charge in [-0.1, -0.05) is 0 Å². The Kier molecular flexibility index (Phi) is 142. The zero-order valence-electron chi connectivity index (χ0n) is 11.6. The summed E-state index contributed by atoms with van der Waals surface area (Å²) in [4.78, 5) is 85.2. The molecule has 25 heteroatoms. The van der Waals surface area contributed by atoms with Gasteiger partial charge < -0.3 is 70.3 Å². The van der Waals surface area contributed by atoms with Crippen LogP contribution in [-0.2, 0) is 22.3 Å². The first kappa shape index (κ1) is 63.3. The van der Waals surface area contributed by atoms with E-state index in [-0.39, 0.29) is 115 Å². The predicted octanol–water partition coefficient (Wildman–Crippen LogP) is -15.8. The molecule has 0 spiro atoms. The third-order valence-corrected chi connectivity index (χ3v) is 0. The summed E-state index contributed by atoms with van der Waals surface area (Å²) in [6, 6.07) is 0. The molecule has 0 bridgehead atoms. The molecule has 0 saturated heterocycles. The van der Waals surface area contributed by atoms with E-state index in [9.17, 15) is 0 Å². The van der Waals surface area contributed by atoms with Crippen LogP contribution < -0.4 is 48.0 Å². The normalized spacial score (nSPS) is 4.80. The van der Waals surface area contributed by atoms with Gasteiger partial charge in [-0.15, -0.1) is 0 Å². The number of hydrogen-bond acceptors (Lipinski definition) is 15. The summed E-state index contributed by atoms with van der Waals surface area (Å²) in [5.41, 5.74) is 0. The summed E-state index contributed by atoms with van der Waals surface area (Å²) in [7, 11) is -18.1. The van der Waals surface area contributed by atoms with Gasteiger partial charge in [0, 0.05) is 45.9 Å². The molecule has 0 rings (SSSR count). The monoisotopic (exact) mass is 534 g/mol. The van der Waals surface area contributed by atoms with Crippen LogP contribution in [0.5, 0.6) is 0 Å². The Hall–Kier alpha value is 1.60. The van der Waals surface area contributed by atoms with Gasteiger partial charge in [-0.25, -0.2) is 0 Å². The molecule has 25 heavy (non-hydrogen) atoms. The minimum absolute atomic E-state index is 0. The van der Waals surface area contributed by atoms with Crippen LogP contribution in [0.1, 0.15) is 0 Å². The van der Waals surface area contributed by atoms with Crippen molar-refractivity contribution in [3.05, 3.63) is 0 Å². The van der Waals surface area contributed by atoms with Crippen LogP contribution in [0.3, 0.4) is 0 Å². The average molecular weight is 535 g/mol. The standard InChI is InChI=1S/2Al.2Ca.FH.5O3Si/c;;;;;5*1-4(2)3/h;;;;1H;;;;;/q2*+3;2*+2;;5*-2. The Morgan fingerprint density at radius 1 is 0.360 bits per heavy atom. The third kappa shape index (κ3) is 5580. The van der Waals surface area contributed by atoms with E-state index in [2.05, 4.69) is 0 Å². The van der Waals surface area contributed by atoms with Gasteiger partial charge in [-0.3, -0.25) is 4.70 Å². The minimum Gasteiger partial charge on any atom is -0.672 e. The Balaban J connectivity index is -0.0000000134. The Labute approximate surface area is 227 Å². The molecule has 0 radical (unpaired) electrons. The smallest absolute Gasteiger partial charge is 0.672 e. The molecule has 0 fully saturated rings. The number of hydrogen-bond donors (Lipinski definition) is 0. The number of halogens is 1. The zero-order valence-corrected chi connectivity index (χ0v) is 23.3. The maximum absolute atomic E-state index is 8.52. The van der Waals surface area contributed by atoms with Gasteiger partial charge >= 0.3 is 110 Å². The molecule has 0 amide bonds. The van der Waals surface area contributed by atoms with E-state index in [4.69, 9.17) is 70.3 Å². The molecule has 0 heterocycles. The molecule has 0 unspecified atom stereocenters. The van der Waals surface area contributed by atoms with Gasteiger partial charge in [-0.05, 0) is 0 Å². The number of rotatable bonds is 0. The Morgan fingerprint density at radius 3 is 0.360 bits per heavy atom. The van der Waals surface area contributed by atoms with E-state index in [0.717, 1.165) is 0 Å². The summed E-state index contributed by atoms with van der Waals surface area (Å²) in [6.07, 6.45) is 0. The molecule has 15 nitrogen and oxygen atoms in total. The van der Waals surface area contributed by atoms with Gasteiger partial charge in [0.05, 0.1) is 0 Å². The Bertz CT molecular complexity index is 227. The van der Waals surface area contributed by atoms with E-state index in [0.29, 0.717) is 0 Å². The van der Waals surface area contributed by atoms with Crippen LogP contribution in [0.25, 0.3) is 0 Å². The second-order valence-electron chi connectivity index (χ2n) is 1.25. The molecule has 0 N–H and O–H groups in total. The molecule has 0 aromatic heterocycles. The van der Waals surface area contributed by atoms with Gasteiger partial charge in [0.25, 0.3) is 0 Å². The van der Waals surface area contributed by atoms with Crippen LogP contribution in [0.15, 0.2) is 0 Å². The molecule has 0 aromatic carbocycles. The predicted molar refractivity (Wildman–Crippen MR) is 57.7 cm³/mol. The van der Waals surface area contributed by atoms with Gasteiger partial charge in [0.2, 0.25) is 0 Å². The Morgan fingerprint density at radius 2 is 0.360 bits per heavy atom. The van der Waals surface area contributed by atoms with E-state index >= 15 is 0 Å². The molecule has 0 saturated carbocycles. The zero-order chi connectivity index (χ0) is 17.9. The van der Waals surface area contributed by atoms with Crippen molar-refractivity contribution in [1.82, 2.24) is 0 Å². The van der Waals surface area contributed by atoms with Gasteiger partial charge in [0.1, 0.15) is 0 Å². The minimum atomic E-state index is -3.63. The quantitative estimate of drug-likeness (QED) is 0.260. The van der Waals surface area contributed by atoms with E-state index < -0.39 is 45.9 Å². The summed E-state index contributed by atoms with van der Waals surface area (Å²) in [5.74, 6) is 0. The van der Waals surface area contributed by atoms with E-state index in [1.807, 2.05) is 0 Å². The second-order valence-corrected chi connectivity index (χ2v) is 3.75. The van der Waals surface area contributed by atoms with Crippen molar-refractivity contribution in [3.63, 3.8) is 0 Å². The maximum Gasteiger partial charge on any atom is 3.00 e. The van der Waals surface area contributed by atoms with Crippen LogP contribution >= 0.6 is 0 Å². The largest absolute Gasteiger partial charge is 3.00 e. The molecule has 0 aliphatic rings. The van der Waals surface area contributed by atoms with Crippen molar-refractivity contribution in [2.75, 3.05) is 0 Å². The first-order valence-corrected chi connectivity index (χ1v) is 9.19. The van der Waals surface area contributed by atoms with Crippen molar-refractivity contribution in [2.45, 2.75) is 0 Å². The molecule has 128 valence electrons. The molecule has 0 aliphatic carbocycles. The SMILES string of the molecule is F.O=[Si]([O-])[O-].O=[Si]([O-])[O-].O=[Si]([O-])[O-].O=[Si]([O-])[O-].O=[Si]([O-])[O-].[Al+3].[Al+3].[Ca+2].[Ca+2]. The summed E-state index contributed by atoms with van der Waals surface area (Å²) < 4.78 is 42.6. The van der Waals surface area contributed by atoms with Crippen LogP contribution in [0, 0.1) is 0 Å². The maximum atomic E-state index is 8.52. The van der Waals surface area contributed by atoms with Gasteiger partial charge in [0.15, 0.2) is 0 Å². The first-order valence-electron chi connectivity index (χ1n) is 3.06. The molecule has 0 aliphatic heterocycles. The third-order valence-electron chi connectivity index (χ3n) is 0. The van der Waals surface area contributed by atoms with E-state index in [1.54, 1.807) is 0 Å². The topological polar surface area (TPSA) is 316 Å². The van der Waals surface area contributed by atoms with E-state index in [1.165, 1.54) is 0 Å². The van der Waals surface area contributed by atoms with Crippen molar-refractivity contribution in [2.24, 2.45) is 0 Å². The average Bonchev–Trinajstić information content (AvgIpc) is 1.94. The molecular formula is HAl2Ca2FO15Si5. The summed E-state index contributed by atoms with van der Waals surface area (Å²) in [6.45, 7) is 0.